The summed E-state index contributed by atoms with van der Waals surface area (Å²) in [6.45, 7) is 2.18. The molecule has 12 rings (SSSR count). The van der Waals surface area contributed by atoms with Crippen LogP contribution < -0.4 is 20.4 Å². The van der Waals surface area contributed by atoms with Gasteiger partial charge in [0, 0.05) is 19.1 Å². The summed E-state index contributed by atoms with van der Waals surface area (Å²) >= 11 is 5.83. The molecule has 452 valence electrons. The van der Waals surface area contributed by atoms with Crippen LogP contribution in [0.25, 0.3) is 0 Å². The van der Waals surface area contributed by atoms with Crippen molar-refractivity contribution in [1.29, 1.82) is 0 Å². The van der Waals surface area contributed by atoms with Crippen LogP contribution in [-0.2, 0) is 51.4 Å². The first-order valence-electron chi connectivity index (χ1n) is 28.1. The van der Waals surface area contributed by atoms with Gasteiger partial charge in [0.15, 0.2) is 0 Å². The topological polar surface area (TPSA) is 248 Å². The van der Waals surface area contributed by atoms with Gasteiger partial charge in [-0.15, -0.1) is 0 Å². The minimum atomic E-state index is -1.08. The number of likely N-dealkylation sites (N-methyl/N-ethyl adjacent to an activating group) is 2. The Morgan fingerprint density at radius 1 is 0.333 bits per heavy atom. The zero-order valence-electron chi connectivity index (χ0n) is 48.6. The van der Waals surface area contributed by atoms with Crippen LogP contribution in [0.3, 0.4) is 0 Å². The van der Waals surface area contributed by atoms with Crippen molar-refractivity contribution < 1.29 is 57.5 Å². The summed E-state index contributed by atoms with van der Waals surface area (Å²) in [4.78, 5) is 155. The Morgan fingerprint density at radius 2 is 0.633 bits per heavy atom. The summed E-state index contributed by atoms with van der Waals surface area (Å²) in [5.41, 5.74) is 5.79. The largest absolute Gasteiger partial charge is 0.342 e. The number of benzene rings is 8. The molecule has 21 heteroatoms. The Morgan fingerprint density at radius 3 is 0.989 bits per heavy atom. The molecule has 4 saturated heterocycles. The first-order valence-corrected chi connectivity index (χ1v) is 28.5. The van der Waals surface area contributed by atoms with E-state index in [1.54, 1.807) is 152 Å². The van der Waals surface area contributed by atoms with Crippen LogP contribution in [0.5, 0.6) is 0 Å². The van der Waals surface area contributed by atoms with Crippen LogP contribution in [0.15, 0.2) is 231 Å². The molecule has 0 saturated carbocycles. The molecule has 4 aliphatic rings. The molecule has 4 aliphatic heterocycles. The van der Waals surface area contributed by atoms with Gasteiger partial charge in [-0.2, -0.15) is 0 Å². The summed E-state index contributed by atoms with van der Waals surface area (Å²) in [5, 5.41) is 5.02. The van der Waals surface area contributed by atoms with E-state index in [-0.39, 0.29) is 13.1 Å². The monoisotopic (exact) mass is 1220 g/mol. The van der Waals surface area contributed by atoms with Crippen molar-refractivity contribution in [1.82, 2.24) is 30.2 Å². The lowest BCUT2D eigenvalue weighted by Crippen LogP contribution is -2.59. The fraction of sp³-hybridized carbons (Fsp3) is 0.130. The number of para-hydroxylation sites is 2. The van der Waals surface area contributed by atoms with Crippen LogP contribution in [0.1, 0.15) is 62.6 Å². The molecular formula is C69H57ClN8O12. The van der Waals surface area contributed by atoms with Crippen LogP contribution in [-0.4, -0.2) is 105 Å². The Balaban J connectivity index is 0.000000144. The van der Waals surface area contributed by atoms with Crippen molar-refractivity contribution in [2.24, 2.45) is 0 Å². The molecule has 0 aromatic heterocycles. The van der Waals surface area contributed by atoms with Crippen molar-refractivity contribution in [2.75, 3.05) is 23.9 Å². The quantitative estimate of drug-likeness (QED) is 0.121. The third kappa shape index (κ3) is 14.0. The maximum absolute atomic E-state index is 13.2. The molecule has 8 aromatic carbocycles. The molecule has 20 nitrogen and oxygen atoms in total. The molecule has 2 N–H and O–H groups in total. The number of hydrogen-bond donors (Lipinski definition) is 2. The van der Waals surface area contributed by atoms with Crippen molar-refractivity contribution in [3.05, 3.63) is 274 Å². The summed E-state index contributed by atoms with van der Waals surface area (Å²) in [5.74, 6) is -8.31. The van der Waals surface area contributed by atoms with Crippen LogP contribution >= 0.6 is 11.6 Å². The van der Waals surface area contributed by atoms with E-state index in [0.717, 1.165) is 46.1 Å². The van der Waals surface area contributed by atoms with Gasteiger partial charge in [0.25, 0.3) is 11.8 Å². The van der Waals surface area contributed by atoms with Gasteiger partial charge in [-0.05, 0) is 76.7 Å². The molecule has 2 atom stereocenters. The molecule has 0 spiro atoms. The van der Waals surface area contributed by atoms with Crippen molar-refractivity contribution in [3.63, 3.8) is 0 Å². The predicted molar refractivity (Wildman–Crippen MR) is 332 cm³/mol. The van der Waals surface area contributed by atoms with Gasteiger partial charge in [0.2, 0.25) is 35.4 Å². The molecule has 2 unspecified atom stereocenters. The van der Waals surface area contributed by atoms with Crippen LogP contribution in [0, 0.1) is 6.92 Å². The molecule has 0 radical (unpaired) electrons. The summed E-state index contributed by atoms with van der Waals surface area (Å²) in [6.07, 6.45) is 0. The van der Waals surface area contributed by atoms with Gasteiger partial charge in [-0.1, -0.05) is 211 Å². The Hall–Kier alpha value is -11.5. The van der Waals surface area contributed by atoms with Crippen molar-refractivity contribution >= 4 is 94.4 Å². The number of barbiturate groups is 4. The number of hydrogen-bond acceptors (Lipinski definition) is 12. The lowest BCUT2D eigenvalue weighted by atomic mass is 9.93. The zero-order valence-corrected chi connectivity index (χ0v) is 49.4. The third-order valence-electron chi connectivity index (χ3n) is 14.8. The zero-order chi connectivity index (χ0) is 64.2. The number of nitrogens with one attached hydrogen (secondary N) is 2. The Kier molecular flexibility index (Phi) is 19.8. The molecule has 0 bridgehead atoms. The fourth-order valence-corrected chi connectivity index (χ4v) is 10.2. The number of nitrogens with zero attached hydrogens (tertiary/aromatic N) is 6. The van der Waals surface area contributed by atoms with Crippen molar-refractivity contribution in [3.8, 4) is 0 Å². The highest BCUT2D eigenvalue weighted by Gasteiger charge is 2.49. The van der Waals surface area contributed by atoms with E-state index >= 15 is 0 Å². The van der Waals surface area contributed by atoms with Gasteiger partial charge in [0.05, 0.1) is 24.5 Å². The number of imide groups is 8. The molecule has 8 aromatic rings. The molecule has 4 fully saturated rings. The van der Waals surface area contributed by atoms with E-state index in [0.29, 0.717) is 38.7 Å². The minimum absolute atomic E-state index is 0.114. The van der Waals surface area contributed by atoms with Crippen LogP contribution in [0.4, 0.5) is 30.6 Å². The van der Waals surface area contributed by atoms with Gasteiger partial charge in [-0.3, -0.25) is 68.6 Å². The second-order valence-corrected chi connectivity index (χ2v) is 21.2. The summed E-state index contributed by atoms with van der Waals surface area (Å²) < 4.78 is 0. The van der Waals surface area contributed by atoms with E-state index in [1.807, 2.05) is 85.8 Å². The SMILES string of the molecule is CN1C(=O)C(c2ccccc2)C(=O)N(C)C1=O.Cc1ccc(C2C(=O)NC(=O)N(Cc3ccccc3)C2=O)cc1.O=C1C(c2ccccc2)C(=O)N(c2ccccc2)C(=O)N1c1ccccc1.O=C1NC(=O)N(Cc2ccccc2)C(=O)C1c1ccc(Cl)cc1. The number of halogens is 1. The minimum Gasteiger partial charge on any atom is -0.277 e. The standard InChI is InChI=1S/C22H16N2O3.C18H16N2O3.C17H13ClN2O3.C12H12N2O3/c25-20-19(16-10-4-1-5-11-16)21(26)24(18-14-8-3-9-15-18)22(27)23(20)17-12-6-2-7-13-17;1-12-7-9-14(10-8-12)15-16(21)19-18(23)20(17(15)22)11-13-5-3-2-4-6-13;18-13-8-6-12(7-9-13)14-15(21)19-17(23)20(16(14)22)10-11-4-2-1-3-5-11;1-13-10(15)9(8-6-4-3-5-7-8)11(16)14(2)12(13)17/h1-15,19H;2-10,15H,11H2,1H3,(H,19,21,23);1-9,14H,10H2,(H,19,21,23);3-7,9H,1-2H3. The molecule has 16 amide bonds. The number of urea groups is 4. The van der Waals surface area contributed by atoms with Gasteiger partial charge in [0.1, 0.15) is 23.7 Å². The van der Waals surface area contributed by atoms with Gasteiger partial charge in [-0.25, -0.2) is 29.0 Å². The Bertz CT molecular complexity index is 3710. The number of aryl methyl sites for hydroxylation is 1. The number of carbonyl (C=O) groups is 12. The number of amides is 16. The second-order valence-electron chi connectivity index (χ2n) is 20.8. The highest BCUT2D eigenvalue weighted by molar-refractivity contribution is 6.38. The van der Waals surface area contributed by atoms with E-state index in [9.17, 15) is 57.5 Å². The predicted octanol–water partition coefficient (Wildman–Crippen LogP) is 9.85. The lowest BCUT2D eigenvalue weighted by Gasteiger charge is -2.37. The third-order valence-corrected chi connectivity index (χ3v) is 15.1. The average molecular weight is 1230 g/mol. The second kappa shape index (κ2) is 28.3. The maximum atomic E-state index is 13.2. The summed E-state index contributed by atoms with van der Waals surface area (Å²) in [6, 6.07) is 64.1. The van der Waals surface area contributed by atoms with Gasteiger partial charge < -0.3 is 0 Å². The number of carbonyl (C=O) groups excluding carboxylic acids is 12. The highest BCUT2D eigenvalue weighted by atomic mass is 35.5. The van der Waals surface area contributed by atoms with Gasteiger partial charge >= 0.3 is 24.1 Å². The van der Waals surface area contributed by atoms with E-state index in [4.69, 9.17) is 11.6 Å². The van der Waals surface area contributed by atoms with E-state index in [1.165, 1.54) is 14.1 Å². The first kappa shape index (κ1) is 63.0. The average Bonchev–Trinajstić information content (AvgIpc) is 0.823. The lowest BCUT2D eigenvalue weighted by molar-refractivity contribution is -0.144. The number of rotatable bonds is 10. The van der Waals surface area contributed by atoms with E-state index in [2.05, 4.69) is 10.6 Å². The maximum Gasteiger partial charge on any atom is 0.342 e. The smallest absolute Gasteiger partial charge is 0.277 e. The molecule has 4 heterocycles. The summed E-state index contributed by atoms with van der Waals surface area (Å²) in [7, 11) is 2.76. The number of anilines is 2. The normalized spacial score (nSPS) is 17.2. The first-order chi connectivity index (χ1) is 43.3. The highest BCUT2D eigenvalue weighted by Crippen LogP contribution is 2.34. The Labute approximate surface area is 521 Å². The fourth-order valence-electron chi connectivity index (χ4n) is 10.1. The molecule has 0 aliphatic carbocycles. The van der Waals surface area contributed by atoms with Crippen molar-refractivity contribution in [2.45, 2.75) is 43.7 Å². The van der Waals surface area contributed by atoms with E-state index < -0.39 is 95.1 Å². The van der Waals surface area contributed by atoms with Crippen LogP contribution in [0.2, 0.25) is 5.02 Å². The molecule has 90 heavy (non-hydrogen) atoms. The molecular weight excluding hydrogens is 1170 g/mol.